The van der Waals surface area contributed by atoms with Crippen LogP contribution in [0.5, 0.6) is 5.75 Å². The minimum Gasteiger partial charge on any atom is -0.506 e. The minimum absolute atomic E-state index is 0.197. The van der Waals surface area contributed by atoms with E-state index in [0.717, 1.165) is 11.1 Å². The molecule has 0 atom stereocenters. The van der Waals surface area contributed by atoms with Crippen molar-refractivity contribution in [2.45, 2.75) is 20.1 Å². The molecule has 3 nitrogen and oxygen atoms in total. The maximum absolute atomic E-state index is 9.51. The van der Waals surface area contributed by atoms with E-state index in [1.54, 1.807) is 19.2 Å². The topological polar surface area (TPSA) is 42.4 Å². The summed E-state index contributed by atoms with van der Waals surface area (Å²) in [6.45, 7) is 2.68. The Bertz CT molecular complexity index is 526. The molecule has 0 aliphatic carbocycles. The van der Waals surface area contributed by atoms with Crippen LogP contribution in [0.25, 0.3) is 0 Å². The molecular formula is C14H14ClNO2. The molecule has 2 aromatic rings. The van der Waals surface area contributed by atoms with Gasteiger partial charge in [0.2, 0.25) is 0 Å². The summed E-state index contributed by atoms with van der Waals surface area (Å²) in [5.74, 6) is 0.197. The summed E-state index contributed by atoms with van der Waals surface area (Å²) in [7, 11) is 0. The lowest BCUT2D eigenvalue weighted by Gasteiger charge is -2.06. The molecule has 0 aliphatic heterocycles. The number of nitrogens with zero attached hydrogens (tertiary/aromatic N) is 1. The summed E-state index contributed by atoms with van der Waals surface area (Å²) in [6.07, 6.45) is 1.71. The van der Waals surface area contributed by atoms with Crippen LogP contribution in [0.15, 0.2) is 36.5 Å². The standard InChI is InChI=1S/C14H14ClNO2/c1-10-14(17)6-12(7-16-10)9-18-8-11-2-4-13(15)5-3-11/h2-7,17H,8-9H2,1H3. The molecule has 2 rings (SSSR count). The Balaban J connectivity index is 1.88. The van der Waals surface area contributed by atoms with Gasteiger partial charge in [-0.05, 0) is 36.2 Å². The highest BCUT2D eigenvalue weighted by Gasteiger charge is 2.00. The average Bonchev–Trinajstić information content (AvgIpc) is 2.36. The van der Waals surface area contributed by atoms with Gasteiger partial charge in [-0.2, -0.15) is 0 Å². The van der Waals surface area contributed by atoms with Gasteiger partial charge in [0.1, 0.15) is 5.75 Å². The van der Waals surface area contributed by atoms with Crippen LogP contribution in [-0.4, -0.2) is 10.1 Å². The van der Waals surface area contributed by atoms with Crippen LogP contribution in [0.2, 0.25) is 5.02 Å². The minimum atomic E-state index is 0.197. The molecule has 1 aromatic heterocycles. The monoisotopic (exact) mass is 263 g/mol. The van der Waals surface area contributed by atoms with E-state index in [1.807, 2.05) is 24.3 Å². The van der Waals surface area contributed by atoms with Gasteiger partial charge < -0.3 is 9.84 Å². The van der Waals surface area contributed by atoms with Crippen molar-refractivity contribution in [3.8, 4) is 5.75 Å². The number of benzene rings is 1. The Kier molecular flexibility index (Phi) is 4.18. The first kappa shape index (κ1) is 12.9. The van der Waals surface area contributed by atoms with Gasteiger partial charge >= 0.3 is 0 Å². The molecule has 0 aliphatic rings. The summed E-state index contributed by atoms with van der Waals surface area (Å²) >= 11 is 5.80. The number of halogens is 1. The quantitative estimate of drug-likeness (QED) is 0.918. The van der Waals surface area contributed by atoms with E-state index in [9.17, 15) is 5.11 Å². The van der Waals surface area contributed by atoms with E-state index in [2.05, 4.69) is 4.98 Å². The highest BCUT2D eigenvalue weighted by Crippen LogP contribution is 2.16. The number of hydrogen-bond donors (Lipinski definition) is 1. The van der Waals surface area contributed by atoms with Gasteiger partial charge in [-0.15, -0.1) is 0 Å². The van der Waals surface area contributed by atoms with E-state index >= 15 is 0 Å². The van der Waals surface area contributed by atoms with Crippen molar-refractivity contribution in [2.24, 2.45) is 0 Å². The molecule has 4 heteroatoms. The van der Waals surface area contributed by atoms with Gasteiger partial charge in [0, 0.05) is 11.2 Å². The zero-order valence-corrected chi connectivity index (χ0v) is 10.8. The predicted molar refractivity (Wildman–Crippen MR) is 70.6 cm³/mol. The molecule has 94 valence electrons. The highest BCUT2D eigenvalue weighted by molar-refractivity contribution is 6.30. The number of hydrogen-bond acceptors (Lipinski definition) is 3. The second kappa shape index (κ2) is 5.85. The Morgan fingerprint density at radius 1 is 1.17 bits per heavy atom. The van der Waals surface area contributed by atoms with Crippen molar-refractivity contribution in [1.82, 2.24) is 4.98 Å². The van der Waals surface area contributed by atoms with Crippen molar-refractivity contribution >= 4 is 11.6 Å². The van der Waals surface area contributed by atoms with E-state index in [-0.39, 0.29) is 5.75 Å². The van der Waals surface area contributed by atoms with Gasteiger partial charge in [-0.3, -0.25) is 4.98 Å². The van der Waals surface area contributed by atoms with E-state index in [1.165, 1.54) is 0 Å². The van der Waals surface area contributed by atoms with Crippen molar-refractivity contribution in [3.05, 3.63) is 58.4 Å². The van der Waals surface area contributed by atoms with Gasteiger partial charge in [-0.25, -0.2) is 0 Å². The van der Waals surface area contributed by atoms with Gasteiger partial charge in [0.05, 0.1) is 18.9 Å². The largest absolute Gasteiger partial charge is 0.506 e. The summed E-state index contributed by atoms with van der Waals surface area (Å²) in [5.41, 5.74) is 2.53. The summed E-state index contributed by atoms with van der Waals surface area (Å²) in [6, 6.07) is 9.18. The molecular weight excluding hydrogens is 250 g/mol. The van der Waals surface area contributed by atoms with E-state index in [0.29, 0.717) is 23.9 Å². The van der Waals surface area contributed by atoms with Gasteiger partial charge in [-0.1, -0.05) is 23.7 Å². The zero-order valence-electron chi connectivity index (χ0n) is 10.1. The Labute approximate surface area is 111 Å². The Morgan fingerprint density at radius 3 is 2.50 bits per heavy atom. The number of aromatic hydroxyl groups is 1. The fraction of sp³-hybridized carbons (Fsp3) is 0.214. The van der Waals surface area contributed by atoms with E-state index in [4.69, 9.17) is 16.3 Å². The molecule has 0 radical (unpaired) electrons. The first-order valence-corrected chi connectivity index (χ1v) is 5.99. The smallest absolute Gasteiger partial charge is 0.137 e. The Hall–Kier alpha value is -1.58. The van der Waals surface area contributed by atoms with Gasteiger partial charge in [0.15, 0.2) is 0 Å². The lowest BCUT2D eigenvalue weighted by Crippen LogP contribution is -1.95. The van der Waals surface area contributed by atoms with Crippen molar-refractivity contribution < 1.29 is 9.84 Å². The third-order valence-corrected chi connectivity index (χ3v) is 2.82. The normalized spacial score (nSPS) is 10.6. The number of ether oxygens (including phenoxy) is 1. The van der Waals surface area contributed by atoms with Crippen LogP contribution < -0.4 is 0 Å². The van der Waals surface area contributed by atoms with Crippen LogP contribution in [0.4, 0.5) is 0 Å². The molecule has 0 saturated heterocycles. The zero-order chi connectivity index (χ0) is 13.0. The molecule has 1 N–H and O–H groups in total. The first-order chi connectivity index (χ1) is 8.65. The predicted octanol–water partition coefficient (Wildman–Crippen LogP) is 3.47. The SMILES string of the molecule is Cc1ncc(COCc2ccc(Cl)cc2)cc1O. The van der Waals surface area contributed by atoms with Crippen LogP contribution in [0, 0.1) is 6.92 Å². The summed E-state index contributed by atoms with van der Waals surface area (Å²) in [5, 5.41) is 10.2. The highest BCUT2D eigenvalue weighted by atomic mass is 35.5. The van der Waals surface area contributed by atoms with Crippen LogP contribution in [0.3, 0.4) is 0 Å². The molecule has 0 spiro atoms. The molecule has 0 amide bonds. The fourth-order valence-corrected chi connectivity index (χ4v) is 1.64. The summed E-state index contributed by atoms with van der Waals surface area (Å²) in [4.78, 5) is 4.07. The average molecular weight is 264 g/mol. The summed E-state index contributed by atoms with van der Waals surface area (Å²) < 4.78 is 5.55. The number of pyridine rings is 1. The molecule has 0 bridgehead atoms. The second-order valence-electron chi connectivity index (χ2n) is 4.07. The maximum Gasteiger partial charge on any atom is 0.137 e. The third kappa shape index (κ3) is 3.45. The van der Waals surface area contributed by atoms with Crippen molar-refractivity contribution in [3.63, 3.8) is 0 Å². The molecule has 0 unspecified atom stereocenters. The lowest BCUT2D eigenvalue weighted by molar-refractivity contribution is 0.107. The molecule has 1 aromatic carbocycles. The Morgan fingerprint density at radius 2 is 1.83 bits per heavy atom. The van der Waals surface area contributed by atoms with Crippen LogP contribution >= 0.6 is 11.6 Å². The molecule has 0 fully saturated rings. The molecule has 18 heavy (non-hydrogen) atoms. The van der Waals surface area contributed by atoms with Crippen LogP contribution in [0.1, 0.15) is 16.8 Å². The molecule has 1 heterocycles. The van der Waals surface area contributed by atoms with Crippen molar-refractivity contribution in [2.75, 3.05) is 0 Å². The fourth-order valence-electron chi connectivity index (χ4n) is 1.51. The second-order valence-corrected chi connectivity index (χ2v) is 4.50. The van der Waals surface area contributed by atoms with Crippen molar-refractivity contribution in [1.29, 1.82) is 0 Å². The van der Waals surface area contributed by atoms with Crippen LogP contribution in [-0.2, 0) is 18.0 Å². The maximum atomic E-state index is 9.51. The van der Waals surface area contributed by atoms with Gasteiger partial charge in [0.25, 0.3) is 0 Å². The number of rotatable bonds is 4. The number of aromatic nitrogens is 1. The lowest BCUT2D eigenvalue weighted by atomic mass is 10.2. The molecule has 0 saturated carbocycles. The third-order valence-electron chi connectivity index (χ3n) is 2.57. The number of aryl methyl sites for hydroxylation is 1. The van der Waals surface area contributed by atoms with E-state index < -0.39 is 0 Å². The first-order valence-electron chi connectivity index (χ1n) is 5.62.